The van der Waals surface area contributed by atoms with Crippen LogP contribution in [0, 0.1) is 0 Å². The number of rotatable bonds is 11. The van der Waals surface area contributed by atoms with Crippen LogP contribution in [0.25, 0.3) is 0 Å². The summed E-state index contributed by atoms with van der Waals surface area (Å²) in [6.07, 6.45) is 7.13. The van der Waals surface area contributed by atoms with Gasteiger partial charge in [0.2, 0.25) is 5.91 Å². The zero-order valence-electron chi connectivity index (χ0n) is 17.2. The topological polar surface area (TPSA) is 81.7 Å². The first kappa shape index (κ1) is 22.5. The number of methoxy groups -OCH3 is 1. The molecule has 1 fully saturated rings. The summed E-state index contributed by atoms with van der Waals surface area (Å²) in [5.41, 5.74) is 0.840. The van der Waals surface area contributed by atoms with Crippen LogP contribution < -0.4 is 14.8 Å². The molecular formula is C21H33NO5S. The van der Waals surface area contributed by atoms with Crippen LogP contribution in [-0.2, 0) is 14.6 Å². The maximum Gasteiger partial charge on any atom is 0.235 e. The summed E-state index contributed by atoms with van der Waals surface area (Å²) in [6, 6.07) is 5.25. The summed E-state index contributed by atoms with van der Waals surface area (Å²) < 4.78 is 35.6. The van der Waals surface area contributed by atoms with Crippen molar-refractivity contribution in [1.82, 2.24) is 5.32 Å². The van der Waals surface area contributed by atoms with Crippen molar-refractivity contribution in [2.45, 2.75) is 70.9 Å². The molecule has 1 aliphatic rings. The largest absolute Gasteiger partial charge is 0.493 e. The van der Waals surface area contributed by atoms with E-state index in [1.54, 1.807) is 7.11 Å². The molecule has 0 saturated heterocycles. The maximum absolute atomic E-state index is 12.2. The summed E-state index contributed by atoms with van der Waals surface area (Å²) in [5.74, 6) is 0.437. The fourth-order valence-electron chi connectivity index (χ4n) is 3.45. The number of unbranched alkanes of at least 4 members (excludes halogenated alkanes) is 2. The lowest BCUT2D eigenvalue weighted by Crippen LogP contribution is -2.33. The second-order valence-electron chi connectivity index (χ2n) is 7.52. The van der Waals surface area contributed by atoms with E-state index in [9.17, 15) is 13.2 Å². The van der Waals surface area contributed by atoms with E-state index in [-0.39, 0.29) is 17.9 Å². The van der Waals surface area contributed by atoms with Gasteiger partial charge in [-0.15, -0.1) is 0 Å². The first-order valence-corrected chi connectivity index (χ1v) is 12.0. The van der Waals surface area contributed by atoms with E-state index in [0.29, 0.717) is 17.9 Å². The molecule has 0 bridgehead atoms. The molecule has 0 aliphatic heterocycles. The van der Waals surface area contributed by atoms with E-state index in [0.717, 1.165) is 31.2 Å². The maximum atomic E-state index is 12.2. The highest BCUT2D eigenvalue weighted by atomic mass is 32.2. The fourth-order valence-corrected chi connectivity index (χ4v) is 4.72. The van der Waals surface area contributed by atoms with Crippen molar-refractivity contribution in [3.05, 3.63) is 23.8 Å². The zero-order valence-corrected chi connectivity index (χ0v) is 18.0. The number of amides is 1. The smallest absolute Gasteiger partial charge is 0.235 e. The summed E-state index contributed by atoms with van der Waals surface area (Å²) in [5, 5.41) is 2.77. The Morgan fingerprint density at radius 2 is 1.93 bits per heavy atom. The van der Waals surface area contributed by atoms with Crippen molar-refractivity contribution in [2.75, 3.05) is 18.6 Å². The average Bonchev–Trinajstić information content (AvgIpc) is 3.14. The monoisotopic (exact) mass is 411 g/mol. The highest BCUT2D eigenvalue weighted by molar-refractivity contribution is 7.92. The van der Waals surface area contributed by atoms with Crippen LogP contribution in [0.5, 0.6) is 11.5 Å². The van der Waals surface area contributed by atoms with Crippen molar-refractivity contribution in [1.29, 1.82) is 0 Å². The van der Waals surface area contributed by atoms with Gasteiger partial charge in [-0.3, -0.25) is 4.79 Å². The first-order chi connectivity index (χ1) is 13.3. The Kier molecular flexibility index (Phi) is 8.60. The SMILES string of the molecule is CCCCCS(=O)(=O)CC(=O)NC(C)c1ccc(OC2CCCC2)c(OC)c1. The molecule has 28 heavy (non-hydrogen) atoms. The third kappa shape index (κ3) is 7.00. The van der Waals surface area contributed by atoms with Gasteiger partial charge in [0.05, 0.1) is 25.0 Å². The molecule has 158 valence electrons. The van der Waals surface area contributed by atoms with Crippen LogP contribution in [0.2, 0.25) is 0 Å². The van der Waals surface area contributed by atoms with Gasteiger partial charge in [-0.05, 0) is 56.7 Å². The number of sulfone groups is 1. The number of hydrogen-bond donors (Lipinski definition) is 1. The van der Waals surface area contributed by atoms with Gasteiger partial charge in [0, 0.05) is 0 Å². The molecule has 0 heterocycles. The van der Waals surface area contributed by atoms with E-state index in [1.807, 2.05) is 32.0 Å². The summed E-state index contributed by atoms with van der Waals surface area (Å²) in [6.45, 7) is 3.84. The highest BCUT2D eigenvalue weighted by Gasteiger charge is 2.21. The Morgan fingerprint density at radius 3 is 2.57 bits per heavy atom. The minimum absolute atomic E-state index is 0.0592. The van der Waals surface area contributed by atoms with Gasteiger partial charge in [-0.1, -0.05) is 25.8 Å². The van der Waals surface area contributed by atoms with Gasteiger partial charge in [0.15, 0.2) is 21.3 Å². The van der Waals surface area contributed by atoms with Gasteiger partial charge in [-0.25, -0.2) is 8.42 Å². The zero-order chi connectivity index (χ0) is 20.6. The van der Waals surface area contributed by atoms with Gasteiger partial charge in [-0.2, -0.15) is 0 Å². The molecule has 1 N–H and O–H groups in total. The molecule has 2 rings (SSSR count). The van der Waals surface area contributed by atoms with Gasteiger partial charge < -0.3 is 14.8 Å². The highest BCUT2D eigenvalue weighted by Crippen LogP contribution is 2.33. The van der Waals surface area contributed by atoms with Crippen molar-refractivity contribution in [3.63, 3.8) is 0 Å². The molecule has 1 aromatic carbocycles. The van der Waals surface area contributed by atoms with Crippen LogP contribution in [0.3, 0.4) is 0 Å². The molecule has 1 aromatic rings. The number of benzene rings is 1. The Labute approximate surface area is 168 Å². The predicted octanol–water partition coefficient (Wildman–Crippen LogP) is 3.80. The van der Waals surface area contributed by atoms with Crippen molar-refractivity contribution >= 4 is 15.7 Å². The van der Waals surface area contributed by atoms with E-state index >= 15 is 0 Å². The third-order valence-corrected chi connectivity index (χ3v) is 6.68. The minimum Gasteiger partial charge on any atom is -0.493 e. The fraction of sp³-hybridized carbons (Fsp3) is 0.667. The number of carbonyl (C=O) groups is 1. The molecule has 0 spiro atoms. The lowest BCUT2D eigenvalue weighted by molar-refractivity contribution is -0.119. The number of nitrogens with one attached hydrogen (secondary N) is 1. The number of ether oxygens (including phenoxy) is 2. The Balaban J connectivity index is 1.95. The van der Waals surface area contributed by atoms with E-state index in [2.05, 4.69) is 5.32 Å². The van der Waals surface area contributed by atoms with E-state index in [4.69, 9.17) is 9.47 Å². The molecule has 1 aliphatic carbocycles. The molecule has 1 unspecified atom stereocenters. The number of carbonyl (C=O) groups excluding carboxylic acids is 1. The van der Waals surface area contributed by atoms with Crippen molar-refractivity contribution in [2.24, 2.45) is 0 Å². The molecule has 1 atom stereocenters. The standard InChI is InChI=1S/C21H33NO5S/c1-4-5-8-13-28(24,25)15-21(23)22-16(2)17-11-12-19(20(14-17)26-3)27-18-9-6-7-10-18/h11-12,14,16,18H,4-10,13,15H2,1-3H3,(H,22,23). The van der Waals surface area contributed by atoms with Crippen LogP contribution in [0.4, 0.5) is 0 Å². The van der Waals surface area contributed by atoms with Crippen LogP contribution >= 0.6 is 0 Å². The van der Waals surface area contributed by atoms with Gasteiger partial charge >= 0.3 is 0 Å². The quantitative estimate of drug-likeness (QED) is 0.560. The van der Waals surface area contributed by atoms with E-state index < -0.39 is 21.5 Å². The van der Waals surface area contributed by atoms with Crippen LogP contribution in [0.15, 0.2) is 18.2 Å². The molecule has 1 saturated carbocycles. The molecule has 7 heteroatoms. The predicted molar refractivity (Wildman–Crippen MR) is 111 cm³/mol. The van der Waals surface area contributed by atoms with Crippen LogP contribution in [-0.4, -0.2) is 39.0 Å². The normalized spacial score (nSPS) is 16.0. The molecule has 0 aromatic heterocycles. The molecular weight excluding hydrogens is 378 g/mol. The average molecular weight is 412 g/mol. The molecule has 6 nitrogen and oxygen atoms in total. The Morgan fingerprint density at radius 1 is 1.21 bits per heavy atom. The van der Waals surface area contributed by atoms with Gasteiger partial charge in [0.25, 0.3) is 0 Å². The molecule has 1 amide bonds. The molecule has 0 radical (unpaired) electrons. The lowest BCUT2D eigenvalue weighted by Gasteiger charge is -2.19. The van der Waals surface area contributed by atoms with Crippen molar-refractivity contribution < 1.29 is 22.7 Å². The third-order valence-electron chi connectivity index (χ3n) is 5.07. The number of hydrogen-bond acceptors (Lipinski definition) is 5. The summed E-state index contributed by atoms with van der Waals surface area (Å²) in [7, 11) is -1.78. The van der Waals surface area contributed by atoms with Crippen LogP contribution in [0.1, 0.15) is 70.4 Å². The summed E-state index contributed by atoms with van der Waals surface area (Å²) >= 11 is 0. The van der Waals surface area contributed by atoms with Crippen molar-refractivity contribution in [3.8, 4) is 11.5 Å². The Bertz CT molecular complexity index is 741. The first-order valence-electron chi connectivity index (χ1n) is 10.2. The van der Waals surface area contributed by atoms with E-state index in [1.165, 1.54) is 12.8 Å². The van der Waals surface area contributed by atoms with Gasteiger partial charge in [0.1, 0.15) is 5.75 Å². The summed E-state index contributed by atoms with van der Waals surface area (Å²) in [4.78, 5) is 12.2. The lowest BCUT2D eigenvalue weighted by atomic mass is 10.1. The second kappa shape index (κ2) is 10.7. The minimum atomic E-state index is -3.37. The Hall–Kier alpha value is -1.76. The second-order valence-corrected chi connectivity index (χ2v) is 9.71.